The maximum Gasteiger partial charge on any atom is 0.253 e. The summed E-state index contributed by atoms with van der Waals surface area (Å²) in [7, 11) is 1.73. The minimum Gasteiger partial charge on any atom is -0.497 e. The average Bonchev–Trinajstić information content (AvgIpc) is 3.50. The number of methoxy groups -OCH3 is 1. The van der Waals surface area contributed by atoms with Gasteiger partial charge in [0.2, 0.25) is 0 Å². The van der Waals surface area contributed by atoms with Gasteiger partial charge in [0.05, 0.1) is 13.2 Å². The zero-order valence-corrected chi connectivity index (χ0v) is 20.4. The second kappa shape index (κ2) is 10.3. The van der Waals surface area contributed by atoms with Crippen molar-refractivity contribution in [3.63, 3.8) is 0 Å². The molecule has 5 rings (SSSR count). The lowest BCUT2D eigenvalue weighted by atomic mass is 9.94. The third-order valence-electron chi connectivity index (χ3n) is 7.89. The van der Waals surface area contributed by atoms with Crippen molar-refractivity contribution in [2.75, 3.05) is 39.8 Å². The summed E-state index contributed by atoms with van der Waals surface area (Å²) in [4.78, 5) is 20.2. The first kappa shape index (κ1) is 23.1. The van der Waals surface area contributed by atoms with Gasteiger partial charge in [-0.2, -0.15) is 0 Å². The van der Waals surface area contributed by atoms with E-state index >= 15 is 0 Å². The lowest BCUT2D eigenvalue weighted by molar-refractivity contribution is 0.0792. The van der Waals surface area contributed by atoms with Gasteiger partial charge in [-0.25, -0.2) is 0 Å². The molecule has 0 spiro atoms. The molecule has 0 aromatic heterocycles. The van der Waals surface area contributed by atoms with Gasteiger partial charge in [-0.15, -0.1) is 6.58 Å². The summed E-state index contributed by atoms with van der Waals surface area (Å²) in [6.45, 7) is 8.88. The molecule has 2 bridgehead atoms. The largest absolute Gasteiger partial charge is 0.497 e. The van der Waals surface area contributed by atoms with Crippen molar-refractivity contribution in [3.05, 3.63) is 77.9 Å². The Balaban J connectivity index is 1.49. The monoisotopic (exact) mass is 459 g/mol. The van der Waals surface area contributed by atoms with E-state index in [2.05, 4.69) is 46.7 Å². The van der Waals surface area contributed by atoms with Crippen LogP contribution in [-0.2, 0) is 0 Å². The molecule has 3 saturated heterocycles. The van der Waals surface area contributed by atoms with Gasteiger partial charge in [0.1, 0.15) is 5.75 Å². The van der Waals surface area contributed by atoms with E-state index in [1.807, 2.05) is 29.2 Å². The van der Waals surface area contributed by atoms with Gasteiger partial charge in [0.25, 0.3) is 5.91 Å². The number of hydrogen-bond acceptors (Lipinski definition) is 4. The molecule has 3 unspecified atom stereocenters. The first-order valence-electron chi connectivity index (χ1n) is 12.8. The van der Waals surface area contributed by atoms with Gasteiger partial charge < -0.3 is 9.64 Å². The third kappa shape index (κ3) is 4.64. The van der Waals surface area contributed by atoms with Crippen LogP contribution >= 0.6 is 0 Å². The minimum atomic E-state index is 0.146. The molecule has 0 aliphatic carbocycles. The van der Waals surface area contributed by atoms with Crippen LogP contribution in [-0.4, -0.2) is 72.5 Å². The molecule has 2 aromatic rings. The summed E-state index contributed by atoms with van der Waals surface area (Å²) in [6.07, 6.45) is 7.91. The van der Waals surface area contributed by atoms with Gasteiger partial charge in [0, 0.05) is 50.4 Å². The molecule has 0 radical (unpaired) electrons. The lowest BCUT2D eigenvalue weighted by Gasteiger charge is -2.37. The fraction of sp³-hybridized carbons (Fsp3) is 0.483. The number of rotatable bonds is 7. The van der Waals surface area contributed by atoms with Gasteiger partial charge in [-0.1, -0.05) is 30.3 Å². The first-order chi connectivity index (χ1) is 16.7. The zero-order valence-electron chi connectivity index (χ0n) is 20.4. The molecule has 3 fully saturated rings. The SMILES string of the molecule is C=CCN1CCC2CCC(C1)N2C(c1ccc(C(=O)N2CCCC2)cc1)c1cccc(OC)c1. The molecule has 5 nitrogen and oxygen atoms in total. The highest BCUT2D eigenvalue weighted by Crippen LogP contribution is 2.41. The summed E-state index contributed by atoms with van der Waals surface area (Å²) in [5, 5.41) is 0. The quantitative estimate of drug-likeness (QED) is 0.560. The molecular weight excluding hydrogens is 422 g/mol. The molecule has 180 valence electrons. The Morgan fingerprint density at radius 2 is 1.79 bits per heavy atom. The number of fused-ring (bicyclic) bond motifs is 2. The van der Waals surface area contributed by atoms with E-state index < -0.39 is 0 Å². The molecule has 3 aliphatic heterocycles. The molecule has 1 amide bonds. The van der Waals surface area contributed by atoms with Crippen LogP contribution in [0.3, 0.4) is 0 Å². The number of carbonyl (C=O) groups is 1. The van der Waals surface area contributed by atoms with Crippen molar-refractivity contribution in [3.8, 4) is 5.75 Å². The molecule has 34 heavy (non-hydrogen) atoms. The Hall–Kier alpha value is -2.63. The van der Waals surface area contributed by atoms with Gasteiger partial charge in [-0.3, -0.25) is 14.6 Å². The second-order valence-corrected chi connectivity index (χ2v) is 9.97. The van der Waals surface area contributed by atoms with E-state index in [0.717, 1.165) is 56.9 Å². The van der Waals surface area contributed by atoms with Crippen LogP contribution in [0.2, 0.25) is 0 Å². The minimum absolute atomic E-state index is 0.146. The van der Waals surface area contributed by atoms with Crippen LogP contribution in [0.4, 0.5) is 0 Å². The van der Waals surface area contributed by atoms with Crippen LogP contribution in [0.5, 0.6) is 5.75 Å². The fourth-order valence-electron chi connectivity index (χ4n) is 6.21. The van der Waals surface area contributed by atoms with Crippen molar-refractivity contribution in [2.45, 2.75) is 50.2 Å². The number of benzene rings is 2. The number of ether oxygens (including phenoxy) is 1. The fourth-order valence-corrected chi connectivity index (χ4v) is 6.21. The molecule has 0 N–H and O–H groups in total. The molecule has 5 heteroatoms. The van der Waals surface area contributed by atoms with E-state index in [0.29, 0.717) is 12.1 Å². The van der Waals surface area contributed by atoms with Crippen molar-refractivity contribution < 1.29 is 9.53 Å². The van der Waals surface area contributed by atoms with Gasteiger partial charge in [0.15, 0.2) is 0 Å². The van der Waals surface area contributed by atoms with E-state index in [-0.39, 0.29) is 11.9 Å². The summed E-state index contributed by atoms with van der Waals surface area (Å²) in [5.41, 5.74) is 3.30. The van der Waals surface area contributed by atoms with Crippen LogP contribution in [0.15, 0.2) is 61.2 Å². The number of amides is 1. The van der Waals surface area contributed by atoms with Crippen molar-refractivity contribution >= 4 is 5.91 Å². The predicted octanol–water partition coefficient (Wildman–Crippen LogP) is 4.75. The predicted molar refractivity (Wildman–Crippen MR) is 136 cm³/mol. The molecular formula is C29H37N3O2. The Bertz CT molecular complexity index is 999. The number of likely N-dealkylation sites (tertiary alicyclic amines) is 2. The summed E-state index contributed by atoms with van der Waals surface area (Å²) in [6, 6.07) is 18.2. The van der Waals surface area contributed by atoms with Gasteiger partial charge in [-0.05, 0) is 67.5 Å². The van der Waals surface area contributed by atoms with E-state index in [1.54, 1.807) is 7.11 Å². The maximum absolute atomic E-state index is 12.9. The topological polar surface area (TPSA) is 36.0 Å². The molecule has 3 atom stereocenters. The Morgan fingerprint density at radius 3 is 2.53 bits per heavy atom. The zero-order chi connectivity index (χ0) is 23.5. The smallest absolute Gasteiger partial charge is 0.253 e. The van der Waals surface area contributed by atoms with E-state index in [9.17, 15) is 4.79 Å². The molecule has 2 aromatic carbocycles. The number of carbonyl (C=O) groups excluding carboxylic acids is 1. The Kier molecular flexibility index (Phi) is 7.02. The van der Waals surface area contributed by atoms with Crippen molar-refractivity contribution in [1.82, 2.24) is 14.7 Å². The highest BCUT2D eigenvalue weighted by atomic mass is 16.5. The highest BCUT2D eigenvalue weighted by Gasteiger charge is 2.42. The standard InChI is InChI=1S/C29H37N3O2/c1-3-16-30-19-15-25-13-14-26(21-30)32(25)28(24-7-6-8-27(20-24)34-2)22-9-11-23(12-10-22)29(33)31-17-4-5-18-31/h3,6-12,20,25-26,28H,1,4-5,13-19,21H2,2H3. The molecule has 3 aliphatic rings. The number of nitrogens with zero attached hydrogens (tertiary/aromatic N) is 3. The Labute approximate surface area is 204 Å². The van der Waals surface area contributed by atoms with Crippen molar-refractivity contribution in [1.29, 1.82) is 0 Å². The number of hydrogen-bond donors (Lipinski definition) is 0. The van der Waals surface area contributed by atoms with Crippen LogP contribution in [0.1, 0.15) is 59.6 Å². The highest BCUT2D eigenvalue weighted by molar-refractivity contribution is 5.94. The summed E-state index contributed by atoms with van der Waals surface area (Å²) in [5.74, 6) is 1.05. The van der Waals surface area contributed by atoms with Crippen LogP contribution in [0.25, 0.3) is 0 Å². The van der Waals surface area contributed by atoms with Crippen LogP contribution in [0, 0.1) is 0 Å². The third-order valence-corrected chi connectivity index (χ3v) is 7.89. The van der Waals surface area contributed by atoms with Crippen molar-refractivity contribution in [2.24, 2.45) is 0 Å². The van der Waals surface area contributed by atoms with Crippen LogP contribution < -0.4 is 4.74 Å². The first-order valence-corrected chi connectivity index (χ1v) is 12.8. The average molecular weight is 460 g/mol. The summed E-state index contributed by atoms with van der Waals surface area (Å²) >= 11 is 0. The molecule has 0 saturated carbocycles. The normalized spacial score (nSPS) is 24.1. The second-order valence-electron chi connectivity index (χ2n) is 9.97. The Morgan fingerprint density at radius 1 is 1.03 bits per heavy atom. The van der Waals surface area contributed by atoms with E-state index in [1.165, 1.54) is 30.4 Å². The maximum atomic E-state index is 12.9. The lowest BCUT2D eigenvalue weighted by Crippen LogP contribution is -2.42. The van der Waals surface area contributed by atoms with E-state index in [4.69, 9.17) is 4.74 Å². The summed E-state index contributed by atoms with van der Waals surface area (Å²) < 4.78 is 5.59. The van der Waals surface area contributed by atoms with Gasteiger partial charge >= 0.3 is 0 Å². The molecule has 3 heterocycles.